The average molecular weight is 279 g/mol. The molecule has 0 aromatic heterocycles. The summed E-state index contributed by atoms with van der Waals surface area (Å²) in [4.78, 5) is 24.0. The van der Waals surface area contributed by atoms with Crippen molar-refractivity contribution in [2.75, 3.05) is 27.2 Å². The van der Waals surface area contributed by atoms with Gasteiger partial charge in [-0.05, 0) is 20.0 Å². The number of amides is 2. The minimum Gasteiger partial charge on any atom is -0.496 e. The maximum Gasteiger partial charge on any atom is 0.236 e. The summed E-state index contributed by atoms with van der Waals surface area (Å²) >= 11 is 0. The molecule has 0 aliphatic heterocycles. The van der Waals surface area contributed by atoms with Gasteiger partial charge >= 0.3 is 0 Å². The lowest BCUT2D eigenvalue weighted by molar-refractivity contribution is -0.125. The van der Waals surface area contributed by atoms with Gasteiger partial charge in [-0.3, -0.25) is 14.5 Å². The van der Waals surface area contributed by atoms with Crippen LogP contribution in [0, 0.1) is 6.92 Å². The molecule has 0 spiro atoms. The number of hydrogen-bond donors (Lipinski definition) is 2. The minimum atomic E-state index is -0.554. The molecule has 3 N–H and O–H groups in total. The lowest BCUT2D eigenvalue weighted by atomic mass is 10.1. The van der Waals surface area contributed by atoms with E-state index < -0.39 is 5.91 Å². The maximum atomic E-state index is 11.6. The third-order valence-electron chi connectivity index (χ3n) is 2.75. The van der Waals surface area contributed by atoms with Crippen LogP contribution in [0.3, 0.4) is 0 Å². The second-order valence-corrected chi connectivity index (χ2v) is 4.73. The molecule has 110 valence electrons. The molecule has 0 aliphatic rings. The Kier molecular flexibility index (Phi) is 5.99. The molecule has 0 bridgehead atoms. The Labute approximate surface area is 118 Å². The van der Waals surface area contributed by atoms with Crippen LogP contribution in [0.5, 0.6) is 5.75 Å². The highest BCUT2D eigenvalue weighted by atomic mass is 16.5. The van der Waals surface area contributed by atoms with Gasteiger partial charge in [-0.1, -0.05) is 17.7 Å². The number of nitrogens with one attached hydrogen (secondary N) is 1. The Morgan fingerprint density at radius 1 is 1.40 bits per heavy atom. The van der Waals surface area contributed by atoms with Gasteiger partial charge in [-0.25, -0.2) is 0 Å². The van der Waals surface area contributed by atoms with Gasteiger partial charge in [0.1, 0.15) is 5.75 Å². The SMILES string of the molecule is COc1ccc(C)cc1CN(C)CC(=O)NCC(N)=O. The Morgan fingerprint density at radius 2 is 2.10 bits per heavy atom. The molecule has 20 heavy (non-hydrogen) atoms. The summed E-state index contributed by atoms with van der Waals surface area (Å²) in [6, 6.07) is 5.91. The van der Waals surface area contributed by atoms with Crippen LogP contribution in [0.1, 0.15) is 11.1 Å². The molecule has 0 heterocycles. The zero-order valence-electron chi connectivity index (χ0n) is 12.1. The largest absolute Gasteiger partial charge is 0.496 e. The van der Waals surface area contributed by atoms with E-state index in [2.05, 4.69) is 5.32 Å². The molecule has 0 aliphatic carbocycles. The van der Waals surface area contributed by atoms with E-state index in [1.54, 1.807) is 7.11 Å². The number of primary amides is 1. The van der Waals surface area contributed by atoms with Crippen molar-refractivity contribution >= 4 is 11.8 Å². The van der Waals surface area contributed by atoms with Gasteiger partial charge in [-0.2, -0.15) is 0 Å². The van der Waals surface area contributed by atoms with Gasteiger partial charge in [0.2, 0.25) is 11.8 Å². The lowest BCUT2D eigenvalue weighted by Gasteiger charge is -2.18. The Morgan fingerprint density at radius 3 is 2.70 bits per heavy atom. The first-order valence-electron chi connectivity index (χ1n) is 6.29. The van der Waals surface area contributed by atoms with E-state index in [0.717, 1.165) is 16.9 Å². The summed E-state index contributed by atoms with van der Waals surface area (Å²) in [7, 11) is 3.44. The molecule has 1 rings (SSSR count). The van der Waals surface area contributed by atoms with E-state index in [4.69, 9.17) is 10.5 Å². The van der Waals surface area contributed by atoms with Crippen molar-refractivity contribution in [1.82, 2.24) is 10.2 Å². The van der Waals surface area contributed by atoms with Crippen LogP contribution in [0.4, 0.5) is 0 Å². The molecular weight excluding hydrogens is 258 g/mol. The molecule has 1 aromatic carbocycles. The number of hydrogen-bond acceptors (Lipinski definition) is 4. The Balaban J connectivity index is 2.57. The standard InChI is InChI=1S/C14H21N3O3/c1-10-4-5-12(20-3)11(6-10)8-17(2)9-14(19)16-7-13(15)18/h4-6H,7-9H2,1-3H3,(H2,15,18)(H,16,19). The van der Waals surface area contributed by atoms with E-state index in [-0.39, 0.29) is 19.0 Å². The molecule has 0 saturated carbocycles. The van der Waals surface area contributed by atoms with Crippen molar-refractivity contribution < 1.29 is 14.3 Å². The number of carbonyl (C=O) groups excluding carboxylic acids is 2. The first-order chi connectivity index (χ1) is 9.42. The monoisotopic (exact) mass is 279 g/mol. The van der Waals surface area contributed by atoms with Crippen LogP contribution in [-0.4, -0.2) is 44.0 Å². The number of likely N-dealkylation sites (N-methyl/N-ethyl adjacent to an activating group) is 1. The molecule has 1 aromatic rings. The van der Waals surface area contributed by atoms with E-state index in [1.165, 1.54) is 0 Å². The number of methoxy groups -OCH3 is 1. The average Bonchev–Trinajstić information content (AvgIpc) is 2.36. The van der Waals surface area contributed by atoms with Crippen molar-refractivity contribution in [3.05, 3.63) is 29.3 Å². The topological polar surface area (TPSA) is 84.7 Å². The Bertz CT molecular complexity index is 489. The fraction of sp³-hybridized carbons (Fsp3) is 0.429. The fourth-order valence-corrected chi connectivity index (χ4v) is 1.86. The zero-order valence-corrected chi connectivity index (χ0v) is 12.1. The fourth-order valence-electron chi connectivity index (χ4n) is 1.86. The zero-order chi connectivity index (χ0) is 15.1. The maximum absolute atomic E-state index is 11.6. The number of rotatable bonds is 7. The summed E-state index contributed by atoms with van der Waals surface area (Å²) in [6.45, 7) is 2.63. The predicted molar refractivity (Wildman–Crippen MR) is 76.3 cm³/mol. The summed E-state index contributed by atoms with van der Waals surface area (Å²) < 4.78 is 5.30. The molecule has 0 radical (unpaired) electrons. The molecular formula is C14H21N3O3. The van der Waals surface area contributed by atoms with Gasteiger partial charge < -0.3 is 15.8 Å². The number of nitrogens with two attached hydrogens (primary N) is 1. The quantitative estimate of drug-likeness (QED) is 0.738. The van der Waals surface area contributed by atoms with Crippen LogP contribution in [-0.2, 0) is 16.1 Å². The van der Waals surface area contributed by atoms with Crippen LogP contribution in [0.25, 0.3) is 0 Å². The highest BCUT2D eigenvalue weighted by Gasteiger charge is 2.10. The van der Waals surface area contributed by atoms with Crippen LogP contribution in [0.2, 0.25) is 0 Å². The lowest BCUT2D eigenvalue weighted by Crippen LogP contribution is -2.39. The van der Waals surface area contributed by atoms with Gasteiger partial charge in [0, 0.05) is 12.1 Å². The smallest absolute Gasteiger partial charge is 0.236 e. The summed E-state index contributed by atoms with van der Waals surface area (Å²) in [5, 5.41) is 2.45. The molecule has 2 amide bonds. The minimum absolute atomic E-state index is 0.138. The summed E-state index contributed by atoms with van der Waals surface area (Å²) in [6.07, 6.45) is 0. The predicted octanol–water partition coefficient (Wildman–Crippen LogP) is 0.0369. The van der Waals surface area contributed by atoms with Crippen LogP contribution >= 0.6 is 0 Å². The first kappa shape index (κ1) is 16.0. The number of benzene rings is 1. The van der Waals surface area contributed by atoms with Gasteiger partial charge in [0.05, 0.1) is 20.2 Å². The summed E-state index contributed by atoms with van der Waals surface area (Å²) in [5.41, 5.74) is 7.11. The molecule has 6 nitrogen and oxygen atoms in total. The van der Waals surface area contributed by atoms with E-state index in [0.29, 0.717) is 6.54 Å². The van der Waals surface area contributed by atoms with Crippen LogP contribution in [0.15, 0.2) is 18.2 Å². The van der Waals surface area contributed by atoms with E-state index >= 15 is 0 Å². The van der Waals surface area contributed by atoms with Crippen LogP contribution < -0.4 is 15.8 Å². The normalized spacial score (nSPS) is 10.4. The third-order valence-corrected chi connectivity index (χ3v) is 2.75. The third kappa shape index (κ3) is 5.27. The second kappa shape index (κ2) is 7.49. The van der Waals surface area contributed by atoms with E-state index in [9.17, 15) is 9.59 Å². The van der Waals surface area contributed by atoms with Crippen molar-refractivity contribution in [1.29, 1.82) is 0 Å². The van der Waals surface area contributed by atoms with Crippen molar-refractivity contribution in [2.45, 2.75) is 13.5 Å². The van der Waals surface area contributed by atoms with Crippen molar-refractivity contribution in [3.8, 4) is 5.75 Å². The molecule has 0 unspecified atom stereocenters. The molecule has 6 heteroatoms. The second-order valence-electron chi connectivity index (χ2n) is 4.73. The van der Waals surface area contributed by atoms with E-state index in [1.807, 2.05) is 37.1 Å². The number of nitrogens with zero attached hydrogens (tertiary/aromatic N) is 1. The van der Waals surface area contributed by atoms with Crippen molar-refractivity contribution in [3.63, 3.8) is 0 Å². The molecule has 0 fully saturated rings. The number of carbonyl (C=O) groups is 2. The van der Waals surface area contributed by atoms with Gasteiger partial charge in [-0.15, -0.1) is 0 Å². The Hall–Kier alpha value is -2.08. The summed E-state index contributed by atoms with van der Waals surface area (Å²) in [5.74, 6) is -0.000675. The van der Waals surface area contributed by atoms with Gasteiger partial charge in [0.25, 0.3) is 0 Å². The number of aryl methyl sites for hydroxylation is 1. The van der Waals surface area contributed by atoms with Gasteiger partial charge in [0.15, 0.2) is 0 Å². The van der Waals surface area contributed by atoms with Crippen molar-refractivity contribution in [2.24, 2.45) is 5.73 Å². The highest BCUT2D eigenvalue weighted by molar-refractivity contribution is 5.84. The number of ether oxygens (including phenoxy) is 1. The first-order valence-corrected chi connectivity index (χ1v) is 6.29. The molecule has 0 saturated heterocycles. The highest BCUT2D eigenvalue weighted by Crippen LogP contribution is 2.20. The molecule has 0 atom stereocenters.